The topological polar surface area (TPSA) is 83.6 Å². The highest BCUT2D eigenvalue weighted by Crippen LogP contribution is 2.56. The Morgan fingerprint density at radius 2 is 1.77 bits per heavy atom. The van der Waals surface area contributed by atoms with Gasteiger partial charge in [0.2, 0.25) is 11.8 Å². The van der Waals surface area contributed by atoms with Gasteiger partial charge in [0.15, 0.2) is 0 Å². The lowest BCUT2D eigenvalue weighted by molar-refractivity contribution is -0.123. The van der Waals surface area contributed by atoms with E-state index in [1.807, 2.05) is 6.92 Å². The summed E-state index contributed by atoms with van der Waals surface area (Å²) in [6, 6.07) is 10.4. The number of halogens is 2. The van der Waals surface area contributed by atoms with Crippen LogP contribution in [0.5, 0.6) is 0 Å². The lowest BCUT2D eigenvalue weighted by atomic mass is 9.82. The molecule has 1 saturated heterocycles. The first-order valence-electron chi connectivity index (χ1n) is 9.81. The number of imide groups is 1. The highest BCUT2D eigenvalue weighted by molar-refractivity contribution is 7.92. The van der Waals surface area contributed by atoms with E-state index in [0.29, 0.717) is 5.02 Å². The van der Waals surface area contributed by atoms with Crippen molar-refractivity contribution in [1.29, 1.82) is 0 Å². The predicted molar refractivity (Wildman–Crippen MR) is 119 cm³/mol. The number of allylic oxidation sites excluding steroid dienone is 2. The molecule has 9 heteroatoms. The molecule has 2 bridgehead atoms. The quantitative estimate of drug-likeness (QED) is 0.520. The standard InChI is InChI=1S/C22H18Cl2N2O4S/c1-11-7-12-8-16(11)20-19(12)21(27)26(22(20)28)15-5-6-17(24)18(10-15)31(29,30)25-14-4-2-3-13(23)9-14/h2-7,9-10,12,16,19-20,25H,8H2,1H3/t12-,16+,19-,20+/m0/s1. The first-order valence-corrected chi connectivity index (χ1v) is 12.1. The van der Waals surface area contributed by atoms with E-state index >= 15 is 0 Å². The predicted octanol–water partition coefficient (Wildman–Crippen LogP) is 4.50. The summed E-state index contributed by atoms with van der Waals surface area (Å²) in [5.74, 6) is -1.15. The van der Waals surface area contributed by atoms with E-state index < -0.39 is 10.0 Å². The number of nitrogens with one attached hydrogen (secondary N) is 1. The number of amides is 2. The molecule has 5 rings (SSSR count). The Hall–Kier alpha value is -2.35. The fraction of sp³-hybridized carbons (Fsp3) is 0.273. The minimum Gasteiger partial charge on any atom is -0.280 e. The molecule has 0 radical (unpaired) electrons. The van der Waals surface area contributed by atoms with E-state index in [4.69, 9.17) is 23.2 Å². The minimum absolute atomic E-state index is 0.0184. The number of fused-ring (bicyclic) bond motifs is 5. The van der Waals surface area contributed by atoms with Gasteiger partial charge in [-0.15, -0.1) is 0 Å². The van der Waals surface area contributed by atoms with Gasteiger partial charge in [0.25, 0.3) is 10.0 Å². The molecule has 2 amide bonds. The number of nitrogens with zero attached hydrogens (tertiary/aromatic N) is 1. The van der Waals surface area contributed by atoms with Crippen LogP contribution in [0.25, 0.3) is 0 Å². The Morgan fingerprint density at radius 3 is 2.52 bits per heavy atom. The SMILES string of the molecule is CC1=C[C@H]2C[C@H]1[C@H]1C(=O)N(c3ccc(Cl)c(S(=O)(=O)Nc4cccc(Cl)c4)c3)C(=O)[C@H]12. The molecule has 2 aromatic carbocycles. The third-order valence-corrected chi connectivity index (χ3v) is 8.52. The van der Waals surface area contributed by atoms with Crippen LogP contribution in [-0.4, -0.2) is 20.2 Å². The second-order valence-electron chi connectivity index (χ2n) is 8.21. The maximum Gasteiger partial charge on any atom is 0.263 e. The summed E-state index contributed by atoms with van der Waals surface area (Å²) in [4.78, 5) is 27.2. The third-order valence-electron chi connectivity index (χ3n) is 6.42. The molecule has 1 heterocycles. The monoisotopic (exact) mass is 476 g/mol. The molecular weight excluding hydrogens is 459 g/mol. The van der Waals surface area contributed by atoms with Gasteiger partial charge in [0.05, 0.1) is 28.2 Å². The Bertz CT molecular complexity index is 1270. The van der Waals surface area contributed by atoms with Crippen molar-refractivity contribution in [3.05, 3.63) is 64.2 Å². The van der Waals surface area contributed by atoms with Gasteiger partial charge in [-0.3, -0.25) is 14.3 Å². The average Bonchev–Trinajstić information content (AvgIpc) is 3.33. The fourth-order valence-corrected chi connectivity index (χ4v) is 6.89. The Kier molecular flexibility index (Phi) is 4.70. The minimum atomic E-state index is -4.08. The van der Waals surface area contributed by atoms with Crippen LogP contribution in [0.1, 0.15) is 13.3 Å². The van der Waals surface area contributed by atoms with E-state index in [1.54, 1.807) is 18.2 Å². The second-order valence-corrected chi connectivity index (χ2v) is 10.7. The highest BCUT2D eigenvalue weighted by atomic mass is 35.5. The van der Waals surface area contributed by atoms with Gasteiger partial charge in [-0.05, 0) is 61.6 Å². The van der Waals surface area contributed by atoms with E-state index in [-0.39, 0.29) is 56.8 Å². The molecule has 2 aliphatic carbocycles. The number of benzene rings is 2. The van der Waals surface area contributed by atoms with Crippen molar-refractivity contribution in [2.45, 2.75) is 18.2 Å². The lowest BCUT2D eigenvalue weighted by Gasteiger charge is -2.19. The van der Waals surface area contributed by atoms with Crippen LogP contribution in [0.15, 0.2) is 59.0 Å². The molecule has 31 heavy (non-hydrogen) atoms. The molecule has 1 saturated carbocycles. The van der Waals surface area contributed by atoms with Gasteiger partial charge in [-0.2, -0.15) is 0 Å². The van der Waals surface area contributed by atoms with Crippen LogP contribution in [-0.2, 0) is 19.6 Å². The molecule has 6 nitrogen and oxygen atoms in total. The number of hydrogen-bond acceptors (Lipinski definition) is 4. The van der Waals surface area contributed by atoms with Crippen LogP contribution in [0.4, 0.5) is 11.4 Å². The van der Waals surface area contributed by atoms with E-state index in [2.05, 4.69) is 10.8 Å². The zero-order valence-electron chi connectivity index (χ0n) is 16.4. The van der Waals surface area contributed by atoms with Crippen molar-refractivity contribution >= 4 is 56.4 Å². The number of sulfonamides is 1. The van der Waals surface area contributed by atoms with E-state index in [0.717, 1.165) is 16.9 Å². The number of carbonyl (C=O) groups excluding carboxylic acids is 2. The van der Waals surface area contributed by atoms with Gasteiger partial charge in [0, 0.05) is 5.02 Å². The first kappa shape index (κ1) is 20.5. The van der Waals surface area contributed by atoms with Gasteiger partial charge < -0.3 is 0 Å². The number of anilines is 2. The lowest BCUT2D eigenvalue weighted by Crippen LogP contribution is -2.33. The number of carbonyl (C=O) groups is 2. The molecule has 160 valence electrons. The average molecular weight is 477 g/mol. The maximum absolute atomic E-state index is 13.2. The van der Waals surface area contributed by atoms with Gasteiger partial charge in [-0.1, -0.05) is 40.9 Å². The Balaban J connectivity index is 1.50. The summed E-state index contributed by atoms with van der Waals surface area (Å²) in [5, 5.41) is 0.355. The van der Waals surface area contributed by atoms with Crippen LogP contribution in [0.2, 0.25) is 10.0 Å². The van der Waals surface area contributed by atoms with Crippen molar-refractivity contribution < 1.29 is 18.0 Å². The molecule has 0 spiro atoms. The zero-order chi connectivity index (χ0) is 22.1. The molecule has 0 aromatic heterocycles. The second kappa shape index (κ2) is 7.08. The van der Waals surface area contributed by atoms with Gasteiger partial charge in [-0.25, -0.2) is 13.3 Å². The first-order chi connectivity index (χ1) is 14.7. The normalized spacial score (nSPS) is 26.9. The Morgan fingerprint density at radius 1 is 1.03 bits per heavy atom. The molecule has 2 aromatic rings. The third kappa shape index (κ3) is 3.18. The summed E-state index contributed by atoms with van der Waals surface area (Å²) < 4.78 is 28.4. The number of hydrogen-bond donors (Lipinski definition) is 1. The van der Waals surface area contributed by atoms with Crippen molar-refractivity contribution in [2.75, 3.05) is 9.62 Å². The molecule has 2 fully saturated rings. The van der Waals surface area contributed by atoms with E-state index in [1.165, 1.54) is 24.3 Å². The largest absolute Gasteiger partial charge is 0.280 e. The van der Waals surface area contributed by atoms with Crippen molar-refractivity contribution in [1.82, 2.24) is 0 Å². The maximum atomic E-state index is 13.2. The highest BCUT2D eigenvalue weighted by Gasteiger charge is 2.61. The molecule has 4 atom stereocenters. The molecule has 1 aliphatic heterocycles. The van der Waals surface area contributed by atoms with Crippen LogP contribution in [0, 0.1) is 23.7 Å². The smallest absolute Gasteiger partial charge is 0.263 e. The van der Waals surface area contributed by atoms with Crippen LogP contribution >= 0.6 is 23.2 Å². The molecule has 1 N–H and O–H groups in total. The summed E-state index contributed by atoms with van der Waals surface area (Å²) in [7, 11) is -4.08. The summed E-state index contributed by atoms with van der Waals surface area (Å²) >= 11 is 12.1. The summed E-state index contributed by atoms with van der Waals surface area (Å²) in [6.07, 6.45) is 2.92. The summed E-state index contributed by atoms with van der Waals surface area (Å²) in [5.41, 5.74) is 1.63. The Labute approximate surface area is 189 Å². The zero-order valence-corrected chi connectivity index (χ0v) is 18.7. The van der Waals surface area contributed by atoms with Gasteiger partial charge in [0.1, 0.15) is 4.90 Å². The number of rotatable bonds is 4. The summed E-state index contributed by atoms with van der Waals surface area (Å²) in [6.45, 7) is 2.00. The van der Waals surface area contributed by atoms with Crippen molar-refractivity contribution in [3.8, 4) is 0 Å². The van der Waals surface area contributed by atoms with Gasteiger partial charge >= 0.3 is 0 Å². The van der Waals surface area contributed by atoms with Crippen molar-refractivity contribution in [3.63, 3.8) is 0 Å². The fourth-order valence-electron chi connectivity index (χ4n) is 5.13. The van der Waals surface area contributed by atoms with Crippen LogP contribution in [0.3, 0.4) is 0 Å². The molecule has 3 aliphatic rings. The van der Waals surface area contributed by atoms with Crippen molar-refractivity contribution in [2.24, 2.45) is 23.7 Å². The molecular formula is C22H18Cl2N2O4S. The van der Waals surface area contributed by atoms with E-state index in [9.17, 15) is 18.0 Å². The molecule has 0 unspecified atom stereocenters. The van der Waals surface area contributed by atoms with Crippen LogP contribution < -0.4 is 9.62 Å².